The van der Waals surface area contributed by atoms with E-state index in [1.807, 2.05) is 0 Å². The first kappa shape index (κ1) is 18.1. The number of hydrogen-bond acceptors (Lipinski definition) is 8. The van der Waals surface area contributed by atoms with E-state index >= 15 is 0 Å². The van der Waals surface area contributed by atoms with E-state index < -0.39 is 18.5 Å². The van der Waals surface area contributed by atoms with Crippen molar-refractivity contribution >= 4 is 17.6 Å². The Morgan fingerprint density at radius 2 is 1.96 bits per heavy atom. The Morgan fingerprint density at radius 3 is 2.70 bits per heavy atom. The molecule has 1 aromatic carbocycles. The van der Waals surface area contributed by atoms with Crippen LogP contribution in [0.4, 0.5) is 5.69 Å². The molecular formula is C18H16N4O5. The number of hydrogen-bond donors (Lipinski definition) is 2. The number of aromatic nitrogens is 3. The van der Waals surface area contributed by atoms with Gasteiger partial charge in [0.15, 0.2) is 6.61 Å². The number of aryl methyl sites for hydroxylation is 1. The average molecular weight is 368 g/mol. The second-order valence-electron chi connectivity index (χ2n) is 5.48. The molecule has 0 saturated heterocycles. The van der Waals surface area contributed by atoms with Crippen LogP contribution in [0, 0.1) is 0 Å². The number of nitrogens with one attached hydrogen (secondary N) is 1. The molecule has 0 atom stereocenters. The Bertz CT molecular complexity index is 909. The van der Waals surface area contributed by atoms with Gasteiger partial charge < -0.3 is 19.7 Å². The molecule has 138 valence electrons. The van der Waals surface area contributed by atoms with Crippen molar-refractivity contribution in [3.05, 3.63) is 54.6 Å². The van der Waals surface area contributed by atoms with Gasteiger partial charge in [-0.25, -0.2) is 0 Å². The van der Waals surface area contributed by atoms with E-state index in [0.717, 1.165) is 0 Å². The van der Waals surface area contributed by atoms with Crippen LogP contribution in [0.2, 0.25) is 0 Å². The molecule has 0 aliphatic heterocycles. The number of rotatable bonds is 7. The third-order valence-electron chi connectivity index (χ3n) is 3.42. The van der Waals surface area contributed by atoms with Crippen molar-refractivity contribution in [1.29, 1.82) is 0 Å². The molecule has 27 heavy (non-hydrogen) atoms. The van der Waals surface area contributed by atoms with Crippen LogP contribution in [0.3, 0.4) is 0 Å². The van der Waals surface area contributed by atoms with Gasteiger partial charge in [0.25, 0.3) is 5.91 Å². The number of amides is 1. The van der Waals surface area contributed by atoms with Crippen LogP contribution >= 0.6 is 0 Å². The smallest absolute Gasteiger partial charge is 0.306 e. The van der Waals surface area contributed by atoms with Crippen molar-refractivity contribution in [3.63, 3.8) is 0 Å². The fraction of sp³-hybridized carbons (Fsp3) is 0.167. The molecule has 9 heteroatoms. The molecule has 0 unspecified atom stereocenters. The highest BCUT2D eigenvalue weighted by Gasteiger charge is 2.13. The molecule has 0 radical (unpaired) electrons. The summed E-state index contributed by atoms with van der Waals surface area (Å²) in [4.78, 5) is 31.8. The standard InChI is InChI=1S/C18H16N4O5/c23-13-6-4-12(5-7-13)20-15(24)11-26-17(25)9-8-16-21-18(22-27-16)14-3-1-2-10-19-14/h1-7,10,23H,8-9,11H2,(H,20,24). The number of aromatic hydroxyl groups is 1. The van der Waals surface area contributed by atoms with Crippen molar-refractivity contribution in [3.8, 4) is 17.3 Å². The molecule has 3 rings (SSSR count). The summed E-state index contributed by atoms with van der Waals surface area (Å²) in [6.07, 6.45) is 1.81. The summed E-state index contributed by atoms with van der Waals surface area (Å²) in [5, 5.41) is 15.5. The molecule has 9 nitrogen and oxygen atoms in total. The number of pyridine rings is 1. The lowest BCUT2D eigenvalue weighted by Gasteiger charge is -2.06. The van der Waals surface area contributed by atoms with Crippen molar-refractivity contribution < 1.29 is 24.0 Å². The molecule has 0 fully saturated rings. The lowest BCUT2D eigenvalue weighted by Crippen LogP contribution is -2.21. The fourth-order valence-electron chi connectivity index (χ4n) is 2.12. The van der Waals surface area contributed by atoms with Crippen molar-refractivity contribution in [2.45, 2.75) is 12.8 Å². The number of phenolic OH excluding ortho intramolecular Hbond substituents is 1. The Kier molecular flexibility index (Phi) is 5.73. The van der Waals surface area contributed by atoms with Crippen LogP contribution in [-0.4, -0.2) is 38.7 Å². The van der Waals surface area contributed by atoms with Crippen molar-refractivity contribution in [2.75, 3.05) is 11.9 Å². The topological polar surface area (TPSA) is 127 Å². The number of carbonyl (C=O) groups is 2. The molecule has 0 aliphatic rings. The van der Waals surface area contributed by atoms with Crippen LogP contribution in [-0.2, 0) is 20.7 Å². The fourth-order valence-corrected chi connectivity index (χ4v) is 2.12. The van der Waals surface area contributed by atoms with Gasteiger partial charge in [0.05, 0.1) is 6.42 Å². The SMILES string of the molecule is O=C(COC(=O)CCc1nc(-c2ccccn2)no1)Nc1ccc(O)cc1. The second kappa shape index (κ2) is 8.56. The first-order valence-electron chi connectivity index (χ1n) is 8.08. The Morgan fingerprint density at radius 1 is 1.15 bits per heavy atom. The van der Waals surface area contributed by atoms with Gasteiger partial charge in [-0.05, 0) is 36.4 Å². The lowest BCUT2D eigenvalue weighted by atomic mass is 10.3. The summed E-state index contributed by atoms with van der Waals surface area (Å²) >= 11 is 0. The summed E-state index contributed by atoms with van der Waals surface area (Å²) in [6.45, 7) is -0.414. The Balaban J connectivity index is 1.41. The van der Waals surface area contributed by atoms with E-state index in [-0.39, 0.29) is 24.5 Å². The van der Waals surface area contributed by atoms with Crippen LogP contribution < -0.4 is 5.32 Å². The molecular weight excluding hydrogens is 352 g/mol. The van der Waals surface area contributed by atoms with E-state index in [1.54, 1.807) is 24.4 Å². The highest BCUT2D eigenvalue weighted by Crippen LogP contribution is 2.14. The molecule has 0 bridgehead atoms. The van der Waals surface area contributed by atoms with Gasteiger partial charge in [0.1, 0.15) is 11.4 Å². The van der Waals surface area contributed by atoms with E-state index in [2.05, 4.69) is 20.4 Å². The van der Waals surface area contributed by atoms with Gasteiger partial charge in [0, 0.05) is 18.3 Å². The summed E-state index contributed by atoms with van der Waals surface area (Å²) in [5.41, 5.74) is 1.06. The van der Waals surface area contributed by atoms with E-state index in [1.165, 1.54) is 24.3 Å². The number of benzene rings is 1. The Labute approximate surface area is 154 Å². The normalized spacial score (nSPS) is 10.4. The quantitative estimate of drug-likeness (QED) is 0.478. The molecule has 1 amide bonds. The summed E-state index contributed by atoms with van der Waals surface area (Å²) in [7, 11) is 0. The van der Waals surface area contributed by atoms with Gasteiger partial charge in [-0.3, -0.25) is 14.6 Å². The van der Waals surface area contributed by atoms with E-state index in [9.17, 15) is 14.7 Å². The first-order valence-corrected chi connectivity index (χ1v) is 8.08. The highest BCUT2D eigenvalue weighted by molar-refractivity contribution is 5.92. The second-order valence-corrected chi connectivity index (χ2v) is 5.48. The molecule has 0 aliphatic carbocycles. The maximum atomic E-state index is 11.8. The molecule has 0 saturated carbocycles. The summed E-state index contributed by atoms with van der Waals surface area (Å²) in [5.74, 6) is -0.335. The monoisotopic (exact) mass is 368 g/mol. The van der Waals surface area contributed by atoms with Crippen molar-refractivity contribution in [2.24, 2.45) is 0 Å². The van der Waals surface area contributed by atoms with Crippen LogP contribution in [0.5, 0.6) is 5.75 Å². The van der Waals surface area contributed by atoms with Crippen molar-refractivity contribution in [1.82, 2.24) is 15.1 Å². The molecule has 2 aromatic heterocycles. The number of esters is 1. The largest absolute Gasteiger partial charge is 0.508 e. The average Bonchev–Trinajstić information content (AvgIpc) is 3.16. The number of carbonyl (C=O) groups excluding carboxylic acids is 2. The molecule has 2 N–H and O–H groups in total. The van der Waals surface area contributed by atoms with Gasteiger partial charge in [-0.15, -0.1) is 0 Å². The van der Waals surface area contributed by atoms with Gasteiger partial charge in [0.2, 0.25) is 11.7 Å². The minimum Gasteiger partial charge on any atom is -0.508 e. The predicted molar refractivity (Wildman–Crippen MR) is 93.5 cm³/mol. The minimum atomic E-state index is -0.562. The summed E-state index contributed by atoms with van der Waals surface area (Å²) in [6, 6.07) is 11.3. The molecule has 0 spiro atoms. The molecule has 3 aromatic rings. The maximum Gasteiger partial charge on any atom is 0.306 e. The van der Waals surface area contributed by atoms with Crippen LogP contribution in [0.25, 0.3) is 11.5 Å². The van der Waals surface area contributed by atoms with E-state index in [4.69, 9.17) is 9.26 Å². The third kappa shape index (κ3) is 5.36. The summed E-state index contributed by atoms with van der Waals surface area (Å²) < 4.78 is 9.99. The zero-order valence-corrected chi connectivity index (χ0v) is 14.2. The predicted octanol–water partition coefficient (Wildman–Crippen LogP) is 1.95. The Hall–Kier alpha value is -3.75. The number of phenols is 1. The zero-order valence-electron chi connectivity index (χ0n) is 14.2. The minimum absolute atomic E-state index is 0.00363. The maximum absolute atomic E-state index is 11.8. The highest BCUT2D eigenvalue weighted by atomic mass is 16.5. The number of ether oxygens (including phenoxy) is 1. The molecule has 2 heterocycles. The van der Waals surface area contributed by atoms with Gasteiger partial charge >= 0.3 is 5.97 Å². The number of nitrogens with zero attached hydrogens (tertiary/aromatic N) is 3. The van der Waals surface area contributed by atoms with Crippen LogP contribution in [0.1, 0.15) is 12.3 Å². The third-order valence-corrected chi connectivity index (χ3v) is 3.42. The zero-order chi connectivity index (χ0) is 19.1. The van der Waals surface area contributed by atoms with E-state index in [0.29, 0.717) is 17.2 Å². The lowest BCUT2D eigenvalue weighted by molar-refractivity contribution is -0.147. The van der Waals surface area contributed by atoms with Gasteiger partial charge in [-0.2, -0.15) is 4.98 Å². The first-order chi connectivity index (χ1) is 13.1. The van der Waals surface area contributed by atoms with Gasteiger partial charge in [-0.1, -0.05) is 11.2 Å². The number of anilines is 1. The van der Waals surface area contributed by atoms with Crippen LogP contribution in [0.15, 0.2) is 53.2 Å².